The molecule has 29 heavy (non-hydrogen) atoms. The number of halogens is 2. The van der Waals surface area contributed by atoms with Crippen LogP contribution in [0.3, 0.4) is 0 Å². The SMILES string of the molecule is N#CCCNc1nccc(-c2cn(CC(F)F)nc2-c2cnc3cc[nH]c3c2)n1. The van der Waals surface area contributed by atoms with Crippen molar-refractivity contribution in [1.29, 1.82) is 5.26 Å². The Hall–Kier alpha value is -3.87. The van der Waals surface area contributed by atoms with Crippen molar-refractivity contribution >= 4 is 17.0 Å². The minimum Gasteiger partial charge on any atom is -0.360 e. The number of nitrogens with zero attached hydrogens (tertiary/aromatic N) is 6. The molecule has 146 valence electrons. The molecule has 0 atom stereocenters. The van der Waals surface area contributed by atoms with Gasteiger partial charge < -0.3 is 10.3 Å². The van der Waals surface area contributed by atoms with E-state index in [1.54, 1.807) is 30.9 Å². The van der Waals surface area contributed by atoms with Gasteiger partial charge in [0.05, 0.1) is 29.2 Å². The predicted octanol–water partition coefficient (Wildman–Crippen LogP) is 3.47. The van der Waals surface area contributed by atoms with Gasteiger partial charge in [0.25, 0.3) is 6.43 Å². The second-order valence-corrected chi connectivity index (χ2v) is 6.24. The molecule has 0 radical (unpaired) electrons. The highest BCUT2D eigenvalue weighted by molar-refractivity contribution is 5.84. The van der Waals surface area contributed by atoms with Gasteiger partial charge in [-0.05, 0) is 18.2 Å². The zero-order valence-corrected chi connectivity index (χ0v) is 15.2. The molecule has 2 N–H and O–H groups in total. The van der Waals surface area contributed by atoms with Crippen LogP contribution in [0.1, 0.15) is 6.42 Å². The van der Waals surface area contributed by atoms with Crippen LogP contribution in [-0.4, -0.2) is 42.7 Å². The Bertz CT molecular complexity index is 1170. The van der Waals surface area contributed by atoms with Gasteiger partial charge in [0.1, 0.15) is 12.2 Å². The van der Waals surface area contributed by atoms with Gasteiger partial charge in [-0.3, -0.25) is 9.67 Å². The third-order valence-electron chi connectivity index (χ3n) is 4.21. The van der Waals surface area contributed by atoms with Crippen LogP contribution < -0.4 is 5.32 Å². The van der Waals surface area contributed by atoms with E-state index in [-0.39, 0.29) is 0 Å². The van der Waals surface area contributed by atoms with Gasteiger partial charge in [0.2, 0.25) is 5.95 Å². The first-order valence-electron chi connectivity index (χ1n) is 8.87. The van der Waals surface area contributed by atoms with Crippen molar-refractivity contribution in [3.05, 3.63) is 43.0 Å². The van der Waals surface area contributed by atoms with Crippen molar-refractivity contribution in [1.82, 2.24) is 29.7 Å². The summed E-state index contributed by atoms with van der Waals surface area (Å²) in [5, 5.41) is 16.0. The topological polar surface area (TPSA) is 108 Å². The van der Waals surface area contributed by atoms with Crippen molar-refractivity contribution in [3.63, 3.8) is 0 Å². The molecule has 0 aliphatic heterocycles. The molecular formula is C19H16F2N8. The number of nitriles is 1. The molecule has 8 nitrogen and oxygen atoms in total. The number of fused-ring (bicyclic) bond motifs is 1. The molecule has 0 saturated heterocycles. The summed E-state index contributed by atoms with van der Waals surface area (Å²) in [6.07, 6.45) is 4.32. The summed E-state index contributed by atoms with van der Waals surface area (Å²) in [5.74, 6) is 0.350. The fourth-order valence-electron chi connectivity index (χ4n) is 2.94. The molecule has 0 aliphatic carbocycles. The standard InChI is InChI=1S/C19H16F2N8/c20-17(21)11-29-10-13(14-2-7-25-19(27-14)24-5-1-4-22)18(28-29)12-8-16-15(26-9-12)3-6-23-16/h2-3,6-10,17,23H,1,5,11H2,(H,24,25,27). The second kappa shape index (κ2) is 8.02. The first-order valence-corrected chi connectivity index (χ1v) is 8.87. The molecule has 0 saturated carbocycles. The van der Waals surface area contributed by atoms with E-state index in [4.69, 9.17) is 5.26 Å². The average Bonchev–Trinajstić information content (AvgIpc) is 3.34. The van der Waals surface area contributed by atoms with Crippen molar-refractivity contribution in [2.24, 2.45) is 0 Å². The van der Waals surface area contributed by atoms with Crippen LogP contribution in [0.5, 0.6) is 0 Å². The molecule has 10 heteroatoms. The number of pyridine rings is 1. The maximum atomic E-state index is 12.9. The van der Waals surface area contributed by atoms with E-state index < -0.39 is 13.0 Å². The molecular weight excluding hydrogens is 378 g/mol. The van der Waals surface area contributed by atoms with Crippen LogP contribution in [0.2, 0.25) is 0 Å². The Balaban J connectivity index is 1.76. The number of hydrogen-bond donors (Lipinski definition) is 2. The van der Waals surface area contributed by atoms with Crippen molar-refractivity contribution in [2.45, 2.75) is 19.4 Å². The molecule has 0 spiro atoms. The smallest absolute Gasteiger partial charge is 0.257 e. The fourth-order valence-corrected chi connectivity index (χ4v) is 2.94. The molecule has 0 bridgehead atoms. The summed E-state index contributed by atoms with van der Waals surface area (Å²) in [6.45, 7) is -0.117. The highest BCUT2D eigenvalue weighted by atomic mass is 19.3. The van der Waals surface area contributed by atoms with E-state index >= 15 is 0 Å². The summed E-state index contributed by atoms with van der Waals surface area (Å²) in [5.41, 5.74) is 3.91. The largest absolute Gasteiger partial charge is 0.360 e. The lowest BCUT2D eigenvalue weighted by atomic mass is 10.1. The number of rotatable bonds is 7. The number of nitrogens with one attached hydrogen (secondary N) is 2. The van der Waals surface area contributed by atoms with E-state index in [0.29, 0.717) is 41.4 Å². The van der Waals surface area contributed by atoms with Crippen LogP contribution in [0.25, 0.3) is 33.5 Å². The lowest BCUT2D eigenvalue weighted by Gasteiger charge is -2.05. The Kier molecular flexibility index (Phi) is 5.11. The molecule has 4 heterocycles. The van der Waals surface area contributed by atoms with E-state index in [9.17, 15) is 8.78 Å². The molecule has 4 aromatic rings. The Morgan fingerprint density at radius 2 is 2.17 bits per heavy atom. The maximum absolute atomic E-state index is 12.9. The lowest BCUT2D eigenvalue weighted by molar-refractivity contribution is 0.122. The minimum absolute atomic E-state index is 0.312. The number of H-pyrrole nitrogens is 1. The van der Waals surface area contributed by atoms with Crippen molar-refractivity contribution < 1.29 is 8.78 Å². The number of aromatic nitrogens is 6. The normalized spacial score (nSPS) is 11.1. The van der Waals surface area contributed by atoms with E-state index in [1.807, 2.05) is 18.2 Å². The first-order chi connectivity index (χ1) is 14.1. The van der Waals surface area contributed by atoms with Gasteiger partial charge in [-0.15, -0.1) is 0 Å². The third kappa shape index (κ3) is 4.03. The van der Waals surface area contributed by atoms with E-state index in [1.165, 1.54) is 4.68 Å². The predicted molar refractivity (Wildman–Crippen MR) is 103 cm³/mol. The summed E-state index contributed by atoms with van der Waals surface area (Å²) in [7, 11) is 0. The Morgan fingerprint density at radius 1 is 1.28 bits per heavy atom. The molecule has 4 rings (SSSR count). The number of hydrogen-bond acceptors (Lipinski definition) is 6. The fraction of sp³-hybridized carbons (Fsp3) is 0.211. The van der Waals surface area contributed by atoms with Gasteiger partial charge in [-0.25, -0.2) is 18.7 Å². The van der Waals surface area contributed by atoms with Crippen LogP contribution in [0.15, 0.2) is 43.0 Å². The van der Waals surface area contributed by atoms with Gasteiger partial charge >= 0.3 is 0 Å². The number of anilines is 1. The molecule has 0 unspecified atom stereocenters. The molecule has 0 aromatic carbocycles. The molecule has 4 aromatic heterocycles. The Labute approximate surface area is 164 Å². The monoisotopic (exact) mass is 394 g/mol. The highest BCUT2D eigenvalue weighted by Gasteiger charge is 2.17. The van der Waals surface area contributed by atoms with Gasteiger partial charge in [0.15, 0.2) is 0 Å². The van der Waals surface area contributed by atoms with Gasteiger partial charge in [-0.2, -0.15) is 10.4 Å². The van der Waals surface area contributed by atoms with E-state index in [0.717, 1.165) is 11.0 Å². The highest BCUT2D eigenvalue weighted by Crippen LogP contribution is 2.31. The quantitative estimate of drug-likeness (QED) is 0.465. The number of alkyl halides is 2. The van der Waals surface area contributed by atoms with E-state index in [2.05, 4.69) is 30.4 Å². The summed E-state index contributed by atoms with van der Waals surface area (Å²) < 4.78 is 27.1. The lowest BCUT2D eigenvalue weighted by Crippen LogP contribution is -2.06. The number of aromatic amines is 1. The minimum atomic E-state index is -2.53. The van der Waals surface area contributed by atoms with Crippen molar-refractivity contribution in [2.75, 3.05) is 11.9 Å². The summed E-state index contributed by atoms with van der Waals surface area (Å²) >= 11 is 0. The Morgan fingerprint density at radius 3 is 3.00 bits per heavy atom. The zero-order chi connectivity index (χ0) is 20.2. The second-order valence-electron chi connectivity index (χ2n) is 6.24. The van der Waals surface area contributed by atoms with Crippen LogP contribution in [-0.2, 0) is 6.54 Å². The summed E-state index contributed by atoms with van der Waals surface area (Å²) in [4.78, 5) is 16.0. The van der Waals surface area contributed by atoms with Gasteiger partial charge in [0, 0.05) is 42.5 Å². The maximum Gasteiger partial charge on any atom is 0.257 e. The molecule has 0 fully saturated rings. The van der Waals surface area contributed by atoms with Crippen LogP contribution in [0.4, 0.5) is 14.7 Å². The molecule has 0 aliphatic rings. The zero-order valence-electron chi connectivity index (χ0n) is 15.2. The van der Waals surface area contributed by atoms with Crippen LogP contribution in [0, 0.1) is 11.3 Å². The van der Waals surface area contributed by atoms with Gasteiger partial charge in [-0.1, -0.05) is 0 Å². The van der Waals surface area contributed by atoms with Crippen LogP contribution >= 0.6 is 0 Å². The molecule has 0 amide bonds. The summed E-state index contributed by atoms with van der Waals surface area (Å²) in [6, 6.07) is 7.44. The average molecular weight is 394 g/mol. The van der Waals surface area contributed by atoms with Crippen molar-refractivity contribution in [3.8, 4) is 28.6 Å². The third-order valence-corrected chi connectivity index (χ3v) is 4.21. The first kappa shape index (κ1) is 18.5.